The Morgan fingerprint density at radius 2 is 1.89 bits per heavy atom. The zero-order valence-electron chi connectivity index (χ0n) is 21.2. The normalized spacial score (nSPS) is 26.5. The summed E-state index contributed by atoms with van der Waals surface area (Å²) < 4.78 is 5.58. The van der Waals surface area contributed by atoms with Gasteiger partial charge in [0.2, 0.25) is 11.8 Å². The minimum Gasteiger partial charge on any atom is -0.504 e. The van der Waals surface area contributed by atoms with Crippen LogP contribution in [0.1, 0.15) is 51.0 Å². The number of carboxylic acids is 1. The topological polar surface area (TPSA) is 138 Å². The molecular weight excluding hydrogens is 490 g/mol. The van der Waals surface area contributed by atoms with Gasteiger partial charge < -0.3 is 14.9 Å². The molecule has 0 spiro atoms. The van der Waals surface area contributed by atoms with Gasteiger partial charge in [0.25, 0.3) is 0 Å². The molecule has 4 unspecified atom stereocenters. The first-order valence-electron chi connectivity index (χ1n) is 12.9. The molecule has 0 aromatic heterocycles. The highest BCUT2D eigenvalue weighted by atomic mass is 16.5. The lowest BCUT2D eigenvalue weighted by Gasteiger charge is -2.42. The predicted octanol–water partition coefficient (Wildman–Crippen LogP) is 3.09. The van der Waals surface area contributed by atoms with E-state index in [0.29, 0.717) is 35.3 Å². The van der Waals surface area contributed by atoms with Crippen LogP contribution in [0.15, 0.2) is 52.6 Å². The standard InChI is InChI=1S/C29H29NO8/c1-3-38-22-12-15(6-9-20(22)31)24-16-7-8-17-25(29(37)30(28(17)36)10-4-5-23(33)34)18(16)13-19-26(24)21(32)11-14(2)27(19)35/h6-7,9,11-12,17-18,24-25,31H,3-5,8,10,13H2,1-2H3,(H,33,34). The molecule has 9 heteroatoms. The number of ether oxygens (including phenoxy) is 1. The smallest absolute Gasteiger partial charge is 0.303 e. The van der Waals surface area contributed by atoms with E-state index < -0.39 is 29.6 Å². The molecule has 0 radical (unpaired) electrons. The van der Waals surface area contributed by atoms with Crippen LogP contribution < -0.4 is 4.74 Å². The van der Waals surface area contributed by atoms with E-state index in [-0.39, 0.29) is 60.7 Å². The van der Waals surface area contributed by atoms with Crippen LogP contribution >= 0.6 is 0 Å². The molecule has 2 amide bonds. The van der Waals surface area contributed by atoms with Gasteiger partial charge in [-0.05, 0) is 62.8 Å². The van der Waals surface area contributed by atoms with Gasteiger partial charge in [-0.3, -0.25) is 28.9 Å². The fourth-order valence-corrected chi connectivity index (χ4v) is 6.42. The van der Waals surface area contributed by atoms with Gasteiger partial charge in [0, 0.05) is 35.6 Å². The van der Waals surface area contributed by atoms with Crippen LogP contribution in [0.25, 0.3) is 0 Å². The molecule has 0 saturated carbocycles. The number of amides is 2. The van der Waals surface area contributed by atoms with E-state index in [2.05, 4.69) is 0 Å². The van der Waals surface area contributed by atoms with Crippen LogP contribution in [0.4, 0.5) is 0 Å². The Morgan fingerprint density at radius 1 is 1.13 bits per heavy atom. The molecule has 1 aliphatic heterocycles. The number of allylic oxidation sites excluding steroid dienone is 6. The minimum atomic E-state index is -0.996. The van der Waals surface area contributed by atoms with Crippen molar-refractivity contribution in [3.05, 3.63) is 58.2 Å². The fourth-order valence-electron chi connectivity index (χ4n) is 6.42. The number of likely N-dealkylation sites (tertiary alicyclic amines) is 1. The number of hydrogen-bond donors (Lipinski definition) is 2. The number of carboxylic acid groups (broad SMARTS) is 1. The summed E-state index contributed by atoms with van der Waals surface area (Å²) in [6, 6.07) is 4.83. The van der Waals surface area contributed by atoms with Gasteiger partial charge in [-0.15, -0.1) is 0 Å². The molecule has 5 rings (SSSR count). The van der Waals surface area contributed by atoms with Gasteiger partial charge in [0.15, 0.2) is 23.1 Å². The van der Waals surface area contributed by atoms with Crippen molar-refractivity contribution in [1.29, 1.82) is 0 Å². The van der Waals surface area contributed by atoms with E-state index in [1.807, 2.05) is 6.08 Å². The molecule has 1 aromatic carbocycles. The van der Waals surface area contributed by atoms with Crippen LogP contribution in [0, 0.1) is 17.8 Å². The second-order valence-electron chi connectivity index (χ2n) is 10.2. The largest absolute Gasteiger partial charge is 0.504 e. The van der Waals surface area contributed by atoms with Crippen molar-refractivity contribution in [3.8, 4) is 11.5 Å². The van der Waals surface area contributed by atoms with Gasteiger partial charge in [0.05, 0.1) is 18.4 Å². The quantitative estimate of drug-likeness (QED) is 0.318. The summed E-state index contributed by atoms with van der Waals surface area (Å²) in [7, 11) is 0. The Bertz CT molecular complexity index is 1370. The lowest BCUT2D eigenvalue weighted by atomic mass is 9.59. The van der Waals surface area contributed by atoms with Crippen LogP contribution in [0.5, 0.6) is 11.5 Å². The SMILES string of the molecule is CCOc1cc(C2C3=CCC4C(=O)N(CCCC(=O)O)C(=O)C4C3CC3=C2C(=O)C=C(C)C3=O)ccc1O. The number of aliphatic carboxylic acids is 1. The summed E-state index contributed by atoms with van der Waals surface area (Å²) in [5.74, 6) is -4.36. The Hall–Kier alpha value is -4.01. The molecule has 2 N–H and O–H groups in total. The number of fused-ring (bicyclic) bond motifs is 3. The van der Waals surface area contributed by atoms with Gasteiger partial charge >= 0.3 is 5.97 Å². The molecule has 1 heterocycles. The van der Waals surface area contributed by atoms with Gasteiger partial charge in [-0.2, -0.15) is 0 Å². The number of carbonyl (C=O) groups is 5. The first-order valence-corrected chi connectivity index (χ1v) is 12.9. The molecular formula is C29H29NO8. The number of ketones is 2. The average Bonchev–Trinajstić information content (AvgIpc) is 3.12. The number of nitrogens with zero attached hydrogens (tertiary/aromatic N) is 1. The molecule has 4 atom stereocenters. The minimum absolute atomic E-state index is 0.0331. The molecule has 1 saturated heterocycles. The zero-order chi connectivity index (χ0) is 27.3. The monoisotopic (exact) mass is 519 g/mol. The van der Waals surface area contributed by atoms with E-state index in [9.17, 15) is 29.1 Å². The van der Waals surface area contributed by atoms with Gasteiger partial charge in [-0.25, -0.2) is 0 Å². The third-order valence-corrected chi connectivity index (χ3v) is 8.04. The zero-order valence-corrected chi connectivity index (χ0v) is 21.2. The molecule has 3 aliphatic carbocycles. The van der Waals surface area contributed by atoms with Crippen LogP contribution in [-0.4, -0.2) is 57.6 Å². The molecule has 1 fully saturated rings. The average molecular weight is 520 g/mol. The molecule has 0 bridgehead atoms. The van der Waals surface area contributed by atoms with Crippen LogP contribution in [0.3, 0.4) is 0 Å². The highest BCUT2D eigenvalue weighted by Crippen LogP contribution is 2.55. The van der Waals surface area contributed by atoms with Crippen molar-refractivity contribution in [1.82, 2.24) is 4.90 Å². The molecule has 38 heavy (non-hydrogen) atoms. The number of phenolic OH excluding ortho intramolecular Hbond substituents is 1. The van der Waals surface area contributed by atoms with Crippen molar-refractivity contribution >= 4 is 29.4 Å². The van der Waals surface area contributed by atoms with E-state index in [1.165, 1.54) is 17.0 Å². The molecule has 198 valence electrons. The van der Waals surface area contributed by atoms with Gasteiger partial charge in [-0.1, -0.05) is 17.7 Å². The molecule has 1 aromatic rings. The highest BCUT2D eigenvalue weighted by molar-refractivity contribution is 6.23. The Kier molecular flexibility index (Phi) is 6.54. The van der Waals surface area contributed by atoms with E-state index in [1.54, 1.807) is 26.0 Å². The molecule has 9 nitrogen and oxygen atoms in total. The Balaban J connectivity index is 1.59. The number of rotatable bonds is 7. The second kappa shape index (κ2) is 9.70. The lowest BCUT2D eigenvalue weighted by molar-refractivity contribution is -0.142. The summed E-state index contributed by atoms with van der Waals surface area (Å²) in [6.07, 6.45) is 3.76. The highest BCUT2D eigenvalue weighted by Gasteiger charge is 2.56. The summed E-state index contributed by atoms with van der Waals surface area (Å²) in [5.41, 5.74) is 2.51. The Morgan fingerprint density at radius 3 is 2.61 bits per heavy atom. The summed E-state index contributed by atoms with van der Waals surface area (Å²) in [4.78, 5) is 65.5. The summed E-state index contributed by atoms with van der Waals surface area (Å²) >= 11 is 0. The maximum atomic E-state index is 13.6. The number of Topliss-reactive ketones (excluding diaryl/α,β-unsaturated/α-hetero) is 1. The third kappa shape index (κ3) is 4.06. The molecule has 4 aliphatic rings. The van der Waals surface area contributed by atoms with Crippen LogP contribution in [0.2, 0.25) is 0 Å². The van der Waals surface area contributed by atoms with E-state index in [0.717, 1.165) is 5.57 Å². The number of carbonyl (C=O) groups excluding carboxylic acids is 4. The number of hydrogen-bond acceptors (Lipinski definition) is 7. The summed E-state index contributed by atoms with van der Waals surface area (Å²) in [5, 5.41) is 19.2. The lowest BCUT2D eigenvalue weighted by Crippen LogP contribution is -2.39. The fraction of sp³-hybridized carbons (Fsp3) is 0.414. The van der Waals surface area contributed by atoms with Gasteiger partial charge in [0.1, 0.15) is 0 Å². The predicted molar refractivity (Wildman–Crippen MR) is 134 cm³/mol. The second-order valence-corrected chi connectivity index (χ2v) is 10.2. The van der Waals surface area contributed by atoms with Crippen molar-refractivity contribution in [3.63, 3.8) is 0 Å². The van der Waals surface area contributed by atoms with Crippen molar-refractivity contribution in [2.24, 2.45) is 17.8 Å². The maximum Gasteiger partial charge on any atom is 0.303 e. The Labute approximate surface area is 219 Å². The first kappa shape index (κ1) is 25.6. The van der Waals surface area contributed by atoms with E-state index in [4.69, 9.17) is 9.84 Å². The number of benzene rings is 1. The first-order chi connectivity index (χ1) is 18.1. The van der Waals surface area contributed by atoms with Crippen LogP contribution in [-0.2, 0) is 24.0 Å². The number of imide groups is 1. The maximum absolute atomic E-state index is 13.6. The van der Waals surface area contributed by atoms with Crippen molar-refractivity contribution < 1.29 is 38.9 Å². The summed E-state index contributed by atoms with van der Waals surface area (Å²) in [6.45, 7) is 3.73. The third-order valence-electron chi connectivity index (χ3n) is 8.04. The number of aromatic hydroxyl groups is 1. The van der Waals surface area contributed by atoms with Crippen molar-refractivity contribution in [2.45, 2.75) is 45.4 Å². The number of phenols is 1. The van der Waals surface area contributed by atoms with E-state index >= 15 is 0 Å². The van der Waals surface area contributed by atoms with Crippen molar-refractivity contribution in [2.75, 3.05) is 13.2 Å².